The number of nitrogens with zero attached hydrogens (tertiary/aromatic N) is 3. The van der Waals surface area contributed by atoms with Crippen molar-refractivity contribution in [3.8, 4) is 0 Å². The summed E-state index contributed by atoms with van der Waals surface area (Å²) in [5.74, 6) is 0. The maximum absolute atomic E-state index is 10.8. The molecule has 0 aromatic heterocycles. The topological polar surface area (TPSA) is 70.9 Å². The zero-order valence-electron chi connectivity index (χ0n) is 13.6. The maximum Gasteiger partial charge on any atom is 0.238 e. The molecule has 0 aliphatic carbocycles. The monoisotopic (exact) mass is 338 g/mol. The highest BCUT2D eigenvalue weighted by atomic mass is 32.2. The first-order valence-corrected chi connectivity index (χ1v) is 8.10. The molecule has 7 nitrogen and oxygen atoms in total. The van der Waals surface area contributed by atoms with E-state index in [1.54, 1.807) is 24.1 Å². The summed E-state index contributed by atoms with van der Waals surface area (Å²) in [6.45, 7) is 3.19. The van der Waals surface area contributed by atoms with Crippen LogP contribution in [0, 0.1) is 0 Å². The summed E-state index contributed by atoms with van der Waals surface area (Å²) in [7, 11) is 5.81. The van der Waals surface area contributed by atoms with E-state index in [1.807, 2.05) is 43.0 Å². The van der Waals surface area contributed by atoms with E-state index >= 15 is 0 Å². The molecule has 0 unspecified atom stereocenters. The van der Waals surface area contributed by atoms with Crippen molar-refractivity contribution in [2.24, 2.45) is 0 Å². The minimum atomic E-state index is -1.32. The number of carbonyl (C=O) groups excluding carboxylic acids is 1. The van der Waals surface area contributed by atoms with E-state index in [2.05, 4.69) is 9.62 Å². The number of nitrogens with one attached hydrogen (secondary N) is 1. The second-order valence-corrected chi connectivity index (χ2v) is 6.56. The largest absolute Gasteiger partial charge is 0.530 e. The summed E-state index contributed by atoms with van der Waals surface area (Å²) in [5, 5.41) is 13.0. The highest BCUT2D eigenvalue weighted by Crippen LogP contribution is 2.34. The molecule has 0 radical (unpaired) electrons. The normalized spacial score (nSPS) is 16.2. The number of carboxylic acid groups (broad SMARTS) is 1. The smallest absolute Gasteiger partial charge is 0.238 e. The fraction of sp³-hybridized carbons (Fsp3) is 0.467. The van der Waals surface area contributed by atoms with Gasteiger partial charge < -0.3 is 20.0 Å². The van der Waals surface area contributed by atoms with Gasteiger partial charge in [0.15, 0.2) is 0 Å². The van der Waals surface area contributed by atoms with Crippen LogP contribution in [0.4, 0.5) is 16.2 Å². The number of amides is 1. The Balaban J connectivity index is 2.29. The number of morpholine rings is 1. The van der Waals surface area contributed by atoms with Crippen molar-refractivity contribution in [3.05, 3.63) is 18.2 Å². The van der Waals surface area contributed by atoms with E-state index in [1.165, 1.54) is 0 Å². The first-order valence-electron chi connectivity index (χ1n) is 7.32. The Morgan fingerprint density at radius 3 is 2.74 bits per heavy atom. The van der Waals surface area contributed by atoms with Gasteiger partial charge in [-0.25, -0.2) is 8.88 Å². The van der Waals surface area contributed by atoms with Crippen molar-refractivity contribution >= 4 is 35.8 Å². The number of hydrogen-bond acceptors (Lipinski definition) is 5. The van der Waals surface area contributed by atoms with E-state index in [9.17, 15) is 9.90 Å². The molecule has 1 aromatic rings. The molecule has 1 heterocycles. The highest BCUT2D eigenvalue weighted by molar-refractivity contribution is 7.97. The van der Waals surface area contributed by atoms with Crippen molar-refractivity contribution in [1.82, 2.24) is 9.21 Å². The van der Waals surface area contributed by atoms with Crippen molar-refractivity contribution in [2.45, 2.75) is 4.90 Å². The van der Waals surface area contributed by atoms with Gasteiger partial charge in [0.25, 0.3) is 0 Å². The van der Waals surface area contributed by atoms with Gasteiger partial charge in [0.05, 0.1) is 39.3 Å². The van der Waals surface area contributed by atoms with Gasteiger partial charge in [0, 0.05) is 24.8 Å². The lowest BCUT2D eigenvalue weighted by atomic mass is 10.2. The number of hydrogen-bond donors (Lipinski definition) is 1. The minimum absolute atomic E-state index is 0.491. The van der Waals surface area contributed by atoms with Gasteiger partial charge in [-0.3, -0.25) is 4.90 Å². The molecule has 1 aromatic carbocycles. The number of carbonyl (C=O) groups is 1. The van der Waals surface area contributed by atoms with Gasteiger partial charge in [-0.2, -0.15) is 0 Å². The molecule has 1 aliphatic rings. The molecule has 8 heteroatoms. The third kappa shape index (κ3) is 5.42. The number of anilines is 1. The zero-order valence-corrected chi connectivity index (χ0v) is 14.4. The van der Waals surface area contributed by atoms with Crippen molar-refractivity contribution in [1.29, 1.82) is 0 Å². The Hall–Kier alpha value is -1.77. The van der Waals surface area contributed by atoms with E-state index in [4.69, 9.17) is 4.74 Å². The number of benzene rings is 1. The molecule has 1 N–H and O–H groups in total. The average molecular weight is 338 g/mol. The summed E-state index contributed by atoms with van der Waals surface area (Å²) in [6, 6.07) is 5.46. The van der Waals surface area contributed by atoms with Crippen molar-refractivity contribution in [3.63, 3.8) is 0 Å². The molecule has 1 saturated heterocycles. The molecular weight excluding hydrogens is 316 g/mol. The second kappa shape index (κ2) is 8.19. The molecular formula is C15H22N4O3S. The van der Waals surface area contributed by atoms with Crippen molar-refractivity contribution < 1.29 is 19.2 Å². The van der Waals surface area contributed by atoms with Gasteiger partial charge in [-0.1, -0.05) is 0 Å². The van der Waals surface area contributed by atoms with Gasteiger partial charge in [0.2, 0.25) is 6.34 Å². The van der Waals surface area contributed by atoms with E-state index in [0.717, 1.165) is 36.9 Å². The Labute approximate surface area is 140 Å². The average Bonchev–Trinajstić information content (AvgIpc) is 2.48. The Morgan fingerprint density at radius 1 is 1.43 bits per heavy atom. The quantitative estimate of drug-likeness (QED) is 0.368. The molecule has 0 bridgehead atoms. The van der Waals surface area contributed by atoms with Crippen molar-refractivity contribution in [2.75, 3.05) is 52.8 Å². The highest BCUT2D eigenvalue weighted by Gasteiger charge is 2.17. The van der Waals surface area contributed by atoms with Gasteiger partial charge >= 0.3 is 0 Å². The molecule has 1 amide bonds. The molecule has 0 spiro atoms. The zero-order chi connectivity index (χ0) is 16.8. The first-order chi connectivity index (χ1) is 11.0. The molecule has 0 saturated carbocycles. The second-order valence-electron chi connectivity index (χ2n) is 5.42. The Bertz CT molecular complexity index is 586. The first kappa shape index (κ1) is 17.6. The number of rotatable bonds is 5. The fourth-order valence-corrected chi connectivity index (χ4v) is 3.29. The summed E-state index contributed by atoms with van der Waals surface area (Å²) in [5.41, 5.74) is 1.41. The Morgan fingerprint density at radius 2 is 2.13 bits per heavy atom. The minimum Gasteiger partial charge on any atom is -0.530 e. The predicted octanol–water partition coefficient (Wildman–Crippen LogP) is 0.645. The summed E-state index contributed by atoms with van der Waals surface area (Å²) in [6.07, 6.45) is 0.616. The predicted molar refractivity (Wildman–Crippen MR) is 89.3 cm³/mol. The van der Waals surface area contributed by atoms with Crippen LogP contribution < -0.4 is 10.4 Å². The van der Waals surface area contributed by atoms with Crippen LogP contribution in [0.3, 0.4) is 0 Å². The third-order valence-electron chi connectivity index (χ3n) is 3.19. The molecule has 126 valence electrons. The summed E-state index contributed by atoms with van der Waals surface area (Å²) in [4.78, 5) is 13.7. The van der Waals surface area contributed by atoms with Crippen LogP contribution in [-0.4, -0.2) is 73.7 Å². The van der Waals surface area contributed by atoms with E-state index < -0.39 is 6.09 Å². The molecule has 23 heavy (non-hydrogen) atoms. The van der Waals surface area contributed by atoms with Crippen LogP contribution in [0.2, 0.25) is 0 Å². The Kier molecular flexibility index (Phi) is 6.26. The maximum atomic E-state index is 10.8. The van der Waals surface area contributed by atoms with Crippen LogP contribution >= 0.6 is 11.9 Å². The lowest BCUT2D eigenvalue weighted by molar-refractivity contribution is -0.407. The molecule has 2 rings (SSSR count). The van der Waals surface area contributed by atoms with Crippen LogP contribution in [0.15, 0.2) is 23.1 Å². The molecule has 1 aliphatic heterocycles. The fourth-order valence-electron chi connectivity index (χ4n) is 2.25. The van der Waals surface area contributed by atoms with Crippen LogP contribution in [0.5, 0.6) is 0 Å². The summed E-state index contributed by atoms with van der Waals surface area (Å²) < 4.78 is 9.58. The third-order valence-corrected chi connectivity index (χ3v) is 4.35. The SMILES string of the molecule is CN(C)C=[N+](C)c1cc(NC(=O)[O-])ccc1SN1CCOCC1. The van der Waals surface area contributed by atoms with Gasteiger partial charge in [-0.05, 0) is 24.1 Å². The number of ether oxygens (including phenoxy) is 1. The van der Waals surface area contributed by atoms with E-state index in [-0.39, 0.29) is 0 Å². The van der Waals surface area contributed by atoms with E-state index in [0.29, 0.717) is 5.69 Å². The van der Waals surface area contributed by atoms with Crippen LogP contribution in [0.1, 0.15) is 0 Å². The molecule has 0 atom stereocenters. The van der Waals surface area contributed by atoms with Crippen LogP contribution in [-0.2, 0) is 4.74 Å². The molecule has 1 fully saturated rings. The lowest BCUT2D eigenvalue weighted by Crippen LogP contribution is -2.31. The van der Waals surface area contributed by atoms with Gasteiger partial charge in [-0.15, -0.1) is 0 Å². The standard InChI is InChI=1S/C15H22N4O3S/c1-17(2)11-18(3)13-10-12(16-15(20)21)4-5-14(13)23-19-6-8-22-9-7-19/h4-5,10-11,16H,6-9H2,1-3H3. The summed E-state index contributed by atoms with van der Waals surface area (Å²) >= 11 is 1.66. The van der Waals surface area contributed by atoms with Gasteiger partial charge in [0.1, 0.15) is 11.8 Å². The lowest BCUT2D eigenvalue weighted by Gasteiger charge is -2.26. The van der Waals surface area contributed by atoms with Crippen LogP contribution in [0.25, 0.3) is 0 Å².